The summed E-state index contributed by atoms with van der Waals surface area (Å²) in [7, 11) is -3.84. The number of rotatable bonds is 13. The van der Waals surface area contributed by atoms with E-state index in [1.807, 2.05) is 44.2 Å². The zero-order valence-electron chi connectivity index (χ0n) is 21.2. The summed E-state index contributed by atoms with van der Waals surface area (Å²) in [6.45, 7) is 3.92. The Labute approximate surface area is 219 Å². The number of amides is 1. The van der Waals surface area contributed by atoms with Crippen LogP contribution in [0.4, 0.5) is 4.79 Å². The number of nitrogens with zero attached hydrogens (tertiary/aromatic N) is 2. The number of hydrogen-bond acceptors (Lipinski definition) is 6. The van der Waals surface area contributed by atoms with Crippen LogP contribution < -0.4 is 5.32 Å². The second-order valence-electron chi connectivity index (χ2n) is 9.31. The van der Waals surface area contributed by atoms with Crippen molar-refractivity contribution in [3.63, 3.8) is 0 Å². The fourth-order valence-electron chi connectivity index (χ4n) is 3.91. The lowest BCUT2D eigenvalue weighted by atomic mass is 10.0. The number of carbonyl (C=O) groups is 1. The second-order valence-corrected chi connectivity index (χ2v) is 11.2. The number of alkyl carbamates (subject to hydrolysis) is 1. The third-order valence-corrected chi connectivity index (χ3v) is 7.63. The van der Waals surface area contributed by atoms with E-state index < -0.39 is 28.3 Å². The maximum Gasteiger partial charge on any atom is 0.407 e. The van der Waals surface area contributed by atoms with Crippen molar-refractivity contribution >= 4 is 16.1 Å². The van der Waals surface area contributed by atoms with Gasteiger partial charge in [-0.05, 0) is 42.5 Å². The summed E-state index contributed by atoms with van der Waals surface area (Å²) in [5, 5.41) is 14.0. The van der Waals surface area contributed by atoms with Crippen molar-refractivity contribution in [2.75, 3.05) is 13.1 Å². The standard InChI is InChI=1S/C28H35N3O5S/c1-22(2)19-31(37(34,35)25-13-7-4-8-14-25)20-27(32)26(16-15-23-10-5-3-6-11-23)30-28(33)36-21-24-12-9-17-29-18-24/h3-14,17-18,22,26-27,32H,15-16,19-21H2,1-2H3,(H,30,33)/t26-,27+/m0/s1. The highest BCUT2D eigenvalue weighted by Gasteiger charge is 2.31. The minimum absolute atomic E-state index is 0.0308. The molecule has 2 aromatic carbocycles. The molecule has 2 atom stereocenters. The van der Waals surface area contributed by atoms with Crippen LogP contribution in [-0.4, -0.2) is 54.1 Å². The van der Waals surface area contributed by atoms with Crippen molar-refractivity contribution in [1.29, 1.82) is 0 Å². The van der Waals surface area contributed by atoms with Crippen LogP contribution in [0.2, 0.25) is 0 Å². The molecule has 0 spiro atoms. The molecule has 8 nitrogen and oxygen atoms in total. The topological polar surface area (TPSA) is 109 Å². The van der Waals surface area contributed by atoms with E-state index in [1.54, 1.807) is 42.7 Å². The Bertz CT molecular complexity index is 1190. The van der Waals surface area contributed by atoms with Crippen LogP contribution in [0.3, 0.4) is 0 Å². The number of aromatic nitrogens is 1. The molecule has 0 saturated carbocycles. The molecule has 0 bridgehead atoms. The minimum Gasteiger partial charge on any atom is -0.445 e. The average Bonchev–Trinajstić information content (AvgIpc) is 2.90. The van der Waals surface area contributed by atoms with Gasteiger partial charge in [0.05, 0.1) is 17.0 Å². The summed E-state index contributed by atoms with van der Waals surface area (Å²) in [6.07, 6.45) is 2.36. The van der Waals surface area contributed by atoms with Gasteiger partial charge < -0.3 is 15.2 Å². The van der Waals surface area contributed by atoms with Crippen LogP contribution in [-0.2, 0) is 27.8 Å². The molecule has 0 saturated heterocycles. The minimum atomic E-state index is -3.84. The number of hydrogen-bond donors (Lipinski definition) is 2. The molecule has 0 unspecified atom stereocenters. The van der Waals surface area contributed by atoms with Gasteiger partial charge in [0.1, 0.15) is 6.61 Å². The summed E-state index contributed by atoms with van der Waals surface area (Å²) in [4.78, 5) is 16.8. The molecule has 0 fully saturated rings. The Morgan fingerprint density at radius 1 is 0.973 bits per heavy atom. The van der Waals surface area contributed by atoms with Gasteiger partial charge >= 0.3 is 6.09 Å². The molecule has 2 N–H and O–H groups in total. The number of sulfonamides is 1. The van der Waals surface area contributed by atoms with E-state index in [2.05, 4.69) is 10.3 Å². The number of aliphatic hydroxyl groups is 1. The third kappa shape index (κ3) is 8.96. The van der Waals surface area contributed by atoms with Crippen molar-refractivity contribution in [2.45, 2.75) is 50.3 Å². The molecule has 198 valence electrons. The first-order valence-corrected chi connectivity index (χ1v) is 13.8. The maximum absolute atomic E-state index is 13.4. The Morgan fingerprint density at radius 3 is 2.24 bits per heavy atom. The smallest absolute Gasteiger partial charge is 0.407 e. The molecule has 1 aromatic heterocycles. The van der Waals surface area contributed by atoms with Gasteiger partial charge in [0.15, 0.2) is 0 Å². The molecule has 37 heavy (non-hydrogen) atoms. The summed E-state index contributed by atoms with van der Waals surface area (Å²) in [6, 6.07) is 20.7. The predicted octanol–water partition coefficient (Wildman–Crippen LogP) is 4.02. The molecule has 9 heteroatoms. The van der Waals surface area contributed by atoms with Gasteiger partial charge in [0.2, 0.25) is 10.0 Å². The first-order chi connectivity index (χ1) is 17.8. The Kier molecular flexibility index (Phi) is 10.6. The fraction of sp³-hybridized carbons (Fsp3) is 0.357. The molecule has 0 radical (unpaired) electrons. The molecular formula is C28H35N3O5S. The largest absolute Gasteiger partial charge is 0.445 e. The first kappa shape index (κ1) is 28.3. The van der Waals surface area contributed by atoms with Gasteiger partial charge in [-0.25, -0.2) is 13.2 Å². The summed E-state index contributed by atoms with van der Waals surface area (Å²) >= 11 is 0. The number of pyridine rings is 1. The fourth-order valence-corrected chi connectivity index (χ4v) is 5.55. The number of aryl methyl sites for hydroxylation is 1. The van der Waals surface area contributed by atoms with Crippen LogP contribution >= 0.6 is 0 Å². The number of ether oxygens (including phenoxy) is 1. The zero-order chi connectivity index (χ0) is 26.7. The molecule has 0 aliphatic rings. The highest BCUT2D eigenvalue weighted by molar-refractivity contribution is 7.89. The highest BCUT2D eigenvalue weighted by atomic mass is 32.2. The molecular weight excluding hydrogens is 490 g/mol. The lowest BCUT2D eigenvalue weighted by Gasteiger charge is -2.30. The first-order valence-electron chi connectivity index (χ1n) is 12.3. The van der Waals surface area contributed by atoms with Crippen molar-refractivity contribution in [3.8, 4) is 0 Å². The number of carbonyl (C=O) groups excluding carboxylic acids is 1. The van der Waals surface area contributed by atoms with E-state index in [1.165, 1.54) is 16.4 Å². The monoisotopic (exact) mass is 525 g/mol. The average molecular weight is 526 g/mol. The van der Waals surface area contributed by atoms with Crippen LogP contribution in [0.25, 0.3) is 0 Å². The Hall–Kier alpha value is -3.27. The third-order valence-electron chi connectivity index (χ3n) is 5.79. The van der Waals surface area contributed by atoms with Crippen molar-refractivity contribution < 1.29 is 23.1 Å². The van der Waals surface area contributed by atoms with Crippen molar-refractivity contribution in [1.82, 2.24) is 14.6 Å². The zero-order valence-corrected chi connectivity index (χ0v) is 22.0. The van der Waals surface area contributed by atoms with Gasteiger partial charge in [-0.1, -0.05) is 68.4 Å². The summed E-state index contributed by atoms with van der Waals surface area (Å²) in [5.74, 6) is 0.0332. The number of nitrogens with one attached hydrogen (secondary N) is 1. The molecule has 0 aliphatic heterocycles. The molecule has 3 aromatic rings. The van der Waals surface area contributed by atoms with Crippen LogP contribution in [0.15, 0.2) is 90.1 Å². The normalized spacial score (nSPS) is 13.3. The van der Waals surface area contributed by atoms with Crippen LogP contribution in [0.1, 0.15) is 31.4 Å². The van der Waals surface area contributed by atoms with Gasteiger partial charge in [-0.15, -0.1) is 0 Å². The van der Waals surface area contributed by atoms with Gasteiger partial charge in [-0.3, -0.25) is 4.98 Å². The van der Waals surface area contributed by atoms with Crippen molar-refractivity contribution in [3.05, 3.63) is 96.3 Å². The number of aliphatic hydroxyl groups excluding tert-OH is 1. The van der Waals surface area contributed by atoms with E-state index >= 15 is 0 Å². The van der Waals surface area contributed by atoms with E-state index in [9.17, 15) is 18.3 Å². The van der Waals surface area contributed by atoms with E-state index in [0.29, 0.717) is 12.8 Å². The van der Waals surface area contributed by atoms with E-state index in [4.69, 9.17) is 4.74 Å². The predicted molar refractivity (Wildman–Crippen MR) is 142 cm³/mol. The summed E-state index contributed by atoms with van der Waals surface area (Å²) < 4.78 is 33.4. The quantitative estimate of drug-likeness (QED) is 0.349. The SMILES string of the molecule is CC(C)CN(C[C@@H](O)[C@H](CCc1ccccc1)NC(=O)OCc1cccnc1)S(=O)(=O)c1ccccc1. The van der Waals surface area contributed by atoms with Crippen LogP contribution in [0, 0.1) is 5.92 Å². The Morgan fingerprint density at radius 2 is 1.62 bits per heavy atom. The second kappa shape index (κ2) is 13.9. The van der Waals surface area contributed by atoms with Gasteiger partial charge in [0, 0.05) is 31.0 Å². The van der Waals surface area contributed by atoms with Gasteiger partial charge in [0.25, 0.3) is 0 Å². The van der Waals surface area contributed by atoms with E-state index in [-0.39, 0.29) is 30.5 Å². The maximum atomic E-state index is 13.4. The summed E-state index contributed by atoms with van der Waals surface area (Å²) in [5.41, 5.74) is 1.78. The molecule has 3 rings (SSSR count). The van der Waals surface area contributed by atoms with Crippen LogP contribution in [0.5, 0.6) is 0 Å². The van der Waals surface area contributed by atoms with Crippen molar-refractivity contribution in [2.24, 2.45) is 5.92 Å². The molecule has 1 amide bonds. The molecule has 0 aliphatic carbocycles. The number of benzene rings is 2. The highest BCUT2D eigenvalue weighted by Crippen LogP contribution is 2.19. The lowest BCUT2D eigenvalue weighted by Crippen LogP contribution is -2.50. The Balaban J connectivity index is 1.75. The lowest BCUT2D eigenvalue weighted by molar-refractivity contribution is 0.0846. The van der Waals surface area contributed by atoms with Gasteiger partial charge in [-0.2, -0.15) is 4.31 Å². The molecule has 1 heterocycles. The van der Waals surface area contributed by atoms with E-state index in [0.717, 1.165) is 11.1 Å².